The summed E-state index contributed by atoms with van der Waals surface area (Å²) in [6, 6.07) is 1.38. The Balaban J connectivity index is 2.26. The first-order valence-corrected chi connectivity index (χ1v) is 6.22. The van der Waals surface area contributed by atoms with Gasteiger partial charge in [0.05, 0.1) is 17.2 Å². The van der Waals surface area contributed by atoms with Gasteiger partial charge in [-0.1, -0.05) is 19.8 Å². The van der Waals surface area contributed by atoms with Crippen molar-refractivity contribution < 1.29 is 9.59 Å². The SMILES string of the molecule is CCCCC(CN)N1C(=O)c2ccncc2C1=O. The smallest absolute Gasteiger partial charge is 0.263 e. The average molecular weight is 247 g/mol. The summed E-state index contributed by atoms with van der Waals surface area (Å²) in [5.74, 6) is -0.515. The first-order chi connectivity index (χ1) is 8.70. The van der Waals surface area contributed by atoms with Gasteiger partial charge in [-0.05, 0) is 12.5 Å². The van der Waals surface area contributed by atoms with Gasteiger partial charge in [0.1, 0.15) is 0 Å². The number of pyridine rings is 1. The first-order valence-electron chi connectivity index (χ1n) is 6.22. The Morgan fingerprint density at radius 1 is 1.33 bits per heavy atom. The van der Waals surface area contributed by atoms with Gasteiger partial charge < -0.3 is 5.73 Å². The molecule has 1 unspecified atom stereocenters. The number of rotatable bonds is 5. The molecule has 0 spiro atoms. The molecule has 18 heavy (non-hydrogen) atoms. The summed E-state index contributed by atoms with van der Waals surface area (Å²) in [7, 11) is 0. The lowest BCUT2D eigenvalue weighted by atomic mass is 10.1. The largest absolute Gasteiger partial charge is 0.328 e. The van der Waals surface area contributed by atoms with Crippen LogP contribution >= 0.6 is 0 Å². The van der Waals surface area contributed by atoms with E-state index in [0.29, 0.717) is 17.7 Å². The number of aromatic nitrogens is 1. The molecule has 5 heteroatoms. The highest BCUT2D eigenvalue weighted by Crippen LogP contribution is 2.25. The molecule has 1 aromatic heterocycles. The lowest BCUT2D eigenvalue weighted by molar-refractivity contribution is 0.0580. The summed E-state index contributed by atoms with van der Waals surface area (Å²) in [4.78, 5) is 29.6. The zero-order valence-electron chi connectivity index (χ0n) is 10.4. The van der Waals surface area contributed by atoms with E-state index in [-0.39, 0.29) is 17.9 Å². The maximum absolute atomic E-state index is 12.2. The summed E-state index contributed by atoms with van der Waals surface area (Å²) in [5, 5.41) is 0. The quantitative estimate of drug-likeness (QED) is 0.793. The fourth-order valence-electron chi connectivity index (χ4n) is 2.23. The molecule has 1 aromatic rings. The molecule has 1 aliphatic rings. The van der Waals surface area contributed by atoms with Crippen molar-refractivity contribution in [3.05, 3.63) is 29.6 Å². The fourth-order valence-corrected chi connectivity index (χ4v) is 2.23. The van der Waals surface area contributed by atoms with Crippen LogP contribution in [-0.2, 0) is 0 Å². The number of hydrogen-bond acceptors (Lipinski definition) is 4. The number of nitrogens with two attached hydrogens (primary N) is 1. The Morgan fingerprint density at radius 3 is 2.67 bits per heavy atom. The third-order valence-electron chi connectivity index (χ3n) is 3.25. The van der Waals surface area contributed by atoms with Crippen LogP contribution in [0, 0.1) is 0 Å². The van der Waals surface area contributed by atoms with Crippen molar-refractivity contribution in [2.75, 3.05) is 6.54 Å². The predicted octanol–water partition coefficient (Wildman–Crippen LogP) is 1.20. The van der Waals surface area contributed by atoms with E-state index in [2.05, 4.69) is 11.9 Å². The van der Waals surface area contributed by atoms with Gasteiger partial charge in [-0.25, -0.2) is 0 Å². The van der Waals surface area contributed by atoms with Gasteiger partial charge in [0.2, 0.25) is 0 Å². The van der Waals surface area contributed by atoms with Crippen LogP contribution in [-0.4, -0.2) is 34.3 Å². The number of carbonyl (C=O) groups excluding carboxylic acids is 2. The van der Waals surface area contributed by atoms with Crippen LogP contribution in [0.15, 0.2) is 18.5 Å². The van der Waals surface area contributed by atoms with Crippen LogP contribution in [0.2, 0.25) is 0 Å². The van der Waals surface area contributed by atoms with Crippen molar-refractivity contribution in [2.24, 2.45) is 5.73 Å². The minimum Gasteiger partial charge on any atom is -0.328 e. The van der Waals surface area contributed by atoms with Crippen molar-refractivity contribution in [1.82, 2.24) is 9.88 Å². The van der Waals surface area contributed by atoms with Gasteiger partial charge in [-0.2, -0.15) is 0 Å². The van der Waals surface area contributed by atoms with E-state index in [9.17, 15) is 9.59 Å². The number of fused-ring (bicyclic) bond motifs is 1. The molecule has 0 saturated carbocycles. The Morgan fingerprint density at radius 2 is 2.06 bits per heavy atom. The molecular formula is C13H17N3O2. The average Bonchev–Trinajstić information content (AvgIpc) is 2.65. The summed E-state index contributed by atoms with van der Waals surface area (Å²) in [6.45, 7) is 2.37. The van der Waals surface area contributed by atoms with Crippen molar-refractivity contribution in [3.63, 3.8) is 0 Å². The van der Waals surface area contributed by atoms with Crippen molar-refractivity contribution in [3.8, 4) is 0 Å². The molecule has 0 fully saturated rings. The topological polar surface area (TPSA) is 76.3 Å². The van der Waals surface area contributed by atoms with Gasteiger partial charge in [0, 0.05) is 18.9 Å². The molecule has 0 aromatic carbocycles. The first kappa shape index (κ1) is 12.7. The van der Waals surface area contributed by atoms with Crippen LogP contribution < -0.4 is 5.73 Å². The second-order valence-electron chi connectivity index (χ2n) is 4.43. The lowest BCUT2D eigenvalue weighted by Crippen LogP contribution is -2.44. The van der Waals surface area contributed by atoms with Gasteiger partial charge in [0.25, 0.3) is 11.8 Å². The standard InChI is InChI=1S/C13H17N3O2/c1-2-3-4-9(7-14)16-12(17)10-5-6-15-8-11(10)13(16)18/h5-6,8-9H,2-4,7,14H2,1H3. The second kappa shape index (κ2) is 5.27. The van der Waals surface area contributed by atoms with Crippen LogP contribution in [0.1, 0.15) is 46.9 Å². The minimum atomic E-state index is -0.269. The Kier molecular flexibility index (Phi) is 3.72. The summed E-state index contributed by atoms with van der Waals surface area (Å²) in [5.41, 5.74) is 6.51. The third-order valence-corrected chi connectivity index (χ3v) is 3.25. The van der Waals surface area contributed by atoms with E-state index in [1.165, 1.54) is 17.3 Å². The van der Waals surface area contributed by atoms with Gasteiger partial charge >= 0.3 is 0 Å². The lowest BCUT2D eigenvalue weighted by Gasteiger charge is -2.24. The molecule has 0 radical (unpaired) electrons. The summed E-state index contributed by atoms with van der Waals surface area (Å²) in [6.07, 6.45) is 5.70. The fraction of sp³-hybridized carbons (Fsp3) is 0.462. The maximum Gasteiger partial charge on any atom is 0.263 e. The summed E-state index contributed by atoms with van der Waals surface area (Å²) >= 11 is 0. The molecule has 1 aliphatic heterocycles. The Bertz CT molecular complexity index is 438. The number of unbranched alkanes of at least 4 members (excludes halogenated alkanes) is 1. The monoisotopic (exact) mass is 247 g/mol. The highest BCUT2D eigenvalue weighted by molar-refractivity contribution is 6.21. The highest BCUT2D eigenvalue weighted by atomic mass is 16.2. The van der Waals surface area contributed by atoms with Crippen molar-refractivity contribution in [2.45, 2.75) is 32.2 Å². The van der Waals surface area contributed by atoms with Gasteiger partial charge in [-0.15, -0.1) is 0 Å². The Labute approximate surface area is 106 Å². The van der Waals surface area contributed by atoms with E-state index in [1.54, 1.807) is 6.07 Å². The van der Waals surface area contributed by atoms with E-state index >= 15 is 0 Å². The molecule has 2 heterocycles. The van der Waals surface area contributed by atoms with E-state index in [1.807, 2.05) is 0 Å². The molecule has 0 aliphatic carbocycles. The molecule has 96 valence electrons. The highest BCUT2D eigenvalue weighted by Gasteiger charge is 2.39. The van der Waals surface area contributed by atoms with Gasteiger partial charge in [-0.3, -0.25) is 19.5 Å². The number of carbonyl (C=O) groups is 2. The van der Waals surface area contributed by atoms with Crippen LogP contribution in [0.5, 0.6) is 0 Å². The number of hydrogen-bond donors (Lipinski definition) is 1. The molecular weight excluding hydrogens is 230 g/mol. The number of imide groups is 1. The molecule has 2 amide bonds. The van der Waals surface area contributed by atoms with Crippen LogP contribution in [0.25, 0.3) is 0 Å². The van der Waals surface area contributed by atoms with E-state index in [4.69, 9.17) is 5.73 Å². The molecule has 0 saturated heterocycles. The van der Waals surface area contributed by atoms with Crippen LogP contribution in [0.4, 0.5) is 0 Å². The molecule has 5 nitrogen and oxygen atoms in total. The number of amides is 2. The maximum atomic E-state index is 12.2. The molecule has 0 bridgehead atoms. The third kappa shape index (κ3) is 2.01. The molecule has 1 atom stereocenters. The Hall–Kier alpha value is -1.75. The van der Waals surface area contributed by atoms with E-state index in [0.717, 1.165) is 19.3 Å². The molecule has 2 rings (SSSR count). The normalized spacial score (nSPS) is 16.0. The van der Waals surface area contributed by atoms with Crippen LogP contribution in [0.3, 0.4) is 0 Å². The summed E-state index contributed by atoms with van der Waals surface area (Å²) < 4.78 is 0. The van der Waals surface area contributed by atoms with Crippen molar-refractivity contribution >= 4 is 11.8 Å². The van der Waals surface area contributed by atoms with Gasteiger partial charge in [0.15, 0.2) is 0 Å². The van der Waals surface area contributed by atoms with Crippen molar-refractivity contribution in [1.29, 1.82) is 0 Å². The zero-order chi connectivity index (χ0) is 13.1. The molecule has 2 N–H and O–H groups in total. The predicted molar refractivity (Wildman–Crippen MR) is 67.1 cm³/mol. The van der Waals surface area contributed by atoms with E-state index < -0.39 is 0 Å². The second-order valence-corrected chi connectivity index (χ2v) is 4.43. The minimum absolute atomic E-state index is 0.211. The zero-order valence-corrected chi connectivity index (χ0v) is 10.4. The number of nitrogens with zero attached hydrogens (tertiary/aromatic N) is 2.